The minimum Gasteiger partial charge on any atom is -0.349 e. The molecular weight excluding hydrogens is 158 g/mol. The zero-order valence-electron chi connectivity index (χ0n) is 8.50. The number of nitrogens with zero attached hydrogens (tertiary/aromatic N) is 1. The van der Waals surface area contributed by atoms with Gasteiger partial charge in [-0.05, 0) is 32.6 Å². The number of hydrogen-bond donors (Lipinski definition) is 0. The Labute approximate surface area is 81.1 Å². The van der Waals surface area contributed by atoms with E-state index in [1.54, 1.807) is 0 Å². The van der Waals surface area contributed by atoms with Crippen molar-refractivity contribution in [2.24, 2.45) is 0 Å². The lowest BCUT2D eigenvalue weighted by molar-refractivity contribution is 0.344. The first-order chi connectivity index (χ1) is 6.38. The van der Waals surface area contributed by atoms with Gasteiger partial charge in [0.1, 0.15) is 0 Å². The van der Waals surface area contributed by atoms with Crippen LogP contribution in [-0.2, 0) is 0 Å². The summed E-state index contributed by atoms with van der Waals surface area (Å²) in [5.41, 5.74) is 1.46. The first kappa shape index (κ1) is 8.86. The third-order valence-corrected chi connectivity index (χ3v) is 3.16. The Morgan fingerprint density at radius 3 is 2.77 bits per heavy atom. The summed E-state index contributed by atoms with van der Waals surface area (Å²) in [7, 11) is 0. The van der Waals surface area contributed by atoms with Gasteiger partial charge < -0.3 is 4.90 Å². The van der Waals surface area contributed by atoms with Gasteiger partial charge in [0.05, 0.1) is 0 Å². The maximum atomic E-state index is 2.49. The van der Waals surface area contributed by atoms with Gasteiger partial charge in [-0.2, -0.15) is 0 Å². The van der Waals surface area contributed by atoms with Crippen molar-refractivity contribution in [3.05, 3.63) is 24.0 Å². The van der Waals surface area contributed by atoms with Gasteiger partial charge >= 0.3 is 0 Å². The maximum Gasteiger partial charge on any atom is 0.0332 e. The van der Waals surface area contributed by atoms with Crippen LogP contribution in [0.3, 0.4) is 0 Å². The Bertz CT molecular complexity index is 221. The minimum atomic E-state index is 0.797. The highest BCUT2D eigenvalue weighted by Crippen LogP contribution is 2.27. The summed E-state index contributed by atoms with van der Waals surface area (Å²) >= 11 is 0. The Hall–Kier alpha value is -0.720. The lowest BCUT2D eigenvalue weighted by atomic mass is 10.2. The Balaban J connectivity index is 2.09. The van der Waals surface area contributed by atoms with Crippen molar-refractivity contribution in [1.82, 2.24) is 4.90 Å². The molecule has 2 aliphatic rings. The van der Waals surface area contributed by atoms with Gasteiger partial charge in [0.2, 0.25) is 0 Å². The fourth-order valence-corrected chi connectivity index (χ4v) is 2.39. The minimum absolute atomic E-state index is 0.797. The van der Waals surface area contributed by atoms with Crippen LogP contribution in [0, 0.1) is 0 Å². The molecule has 1 heteroatoms. The van der Waals surface area contributed by atoms with Crippen LogP contribution < -0.4 is 0 Å². The highest BCUT2D eigenvalue weighted by atomic mass is 15.1. The largest absolute Gasteiger partial charge is 0.349 e. The molecule has 1 aliphatic carbocycles. The molecule has 0 amide bonds. The first-order valence-electron chi connectivity index (χ1n) is 5.50. The molecule has 1 heterocycles. The van der Waals surface area contributed by atoms with Crippen LogP contribution in [-0.4, -0.2) is 10.9 Å². The monoisotopic (exact) mass is 177 g/mol. The van der Waals surface area contributed by atoms with Gasteiger partial charge in [0.15, 0.2) is 0 Å². The van der Waals surface area contributed by atoms with Crippen molar-refractivity contribution < 1.29 is 0 Å². The fourth-order valence-electron chi connectivity index (χ4n) is 2.39. The van der Waals surface area contributed by atoms with Crippen molar-refractivity contribution >= 4 is 0 Å². The Kier molecular flexibility index (Phi) is 2.72. The van der Waals surface area contributed by atoms with Gasteiger partial charge in [0.25, 0.3) is 0 Å². The van der Waals surface area contributed by atoms with Crippen LogP contribution in [0.15, 0.2) is 24.0 Å². The lowest BCUT2D eigenvalue weighted by Crippen LogP contribution is -2.25. The van der Waals surface area contributed by atoms with Crippen molar-refractivity contribution in [1.29, 1.82) is 0 Å². The Morgan fingerprint density at radius 1 is 1.23 bits per heavy atom. The van der Waals surface area contributed by atoms with E-state index >= 15 is 0 Å². The molecular formula is C12H19N. The van der Waals surface area contributed by atoms with Gasteiger partial charge in [-0.15, -0.1) is 0 Å². The van der Waals surface area contributed by atoms with Crippen LogP contribution >= 0.6 is 0 Å². The topological polar surface area (TPSA) is 3.24 Å². The molecule has 2 rings (SSSR count). The van der Waals surface area contributed by atoms with Gasteiger partial charge in [-0.3, -0.25) is 0 Å². The van der Waals surface area contributed by atoms with Gasteiger partial charge in [-0.25, -0.2) is 0 Å². The molecule has 13 heavy (non-hydrogen) atoms. The van der Waals surface area contributed by atoms with Crippen LogP contribution in [0.4, 0.5) is 0 Å². The van der Waals surface area contributed by atoms with Crippen LogP contribution in [0.25, 0.3) is 0 Å². The molecule has 1 aliphatic heterocycles. The molecule has 0 saturated heterocycles. The molecule has 1 nitrogen and oxygen atoms in total. The smallest absolute Gasteiger partial charge is 0.0332 e. The van der Waals surface area contributed by atoms with Crippen molar-refractivity contribution in [3.63, 3.8) is 0 Å². The highest BCUT2D eigenvalue weighted by molar-refractivity contribution is 5.09. The van der Waals surface area contributed by atoms with E-state index in [0.717, 1.165) is 6.04 Å². The zero-order valence-corrected chi connectivity index (χ0v) is 8.50. The van der Waals surface area contributed by atoms with Gasteiger partial charge in [0, 0.05) is 17.9 Å². The normalized spacial score (nSPS) is 24.7. The molecule has 0 aromatic carbocycles. The molecule has 0 N–H and O–H groups in total. The number of rotatable bonds is 1. The van der Waals surface area contributed by atoms with Crippen molar-refractivity contribution in [2.75, 3.05) is 0 Å². The van der Waals surface area contributed by atoms with Crippen LogP contribution in [0.2, 0.25) is 0 Å². The van der Waals surface area contributed by atoms with E-state index in [2.05, 4.69) is 30.2 Å². The van der Waals surface area contributed by atoms with E-state index in [-0.39, 0.29) is 0 Å². The standard InChI is InChI=1S/C12H19N/c1-11-7-3-2-6-10-13(11)12-8-4-5-9-12/h6-7,10,12H,2-5,8-9H2,1H3. The quantitative estimate of drug-likeness (QED) is 0.593. The summed E-state index contributed by atoms with van der Waals surface area (Å²) in [5.74, 6) is 0. The lowest BCUT2D eigenvalue weighted by Gasteiger charge is -2.27. The van der Waals surface area contributed by atoms with E-state index in [0.29, 0.717) is 0 Å². The van der Waals surface area contributed by atoms with E-state index in [4.69, 9.17) is 0 Å². The fraction of sp³-hybridized carbons (Fsp3) is 0.667. The van der Waals surface area contributed by atoms with Crippen molar-refractivity contribution in [3.8, 4) is 0 Å². The molecule has 0 bridgehead atoms. The number of allylic oxidation sites excluding steroid dienone is 3. The van der Waals surface area contributed by atoms with Crippen LogP contribution in [0.5, 0.6) is 0 Å². The summed E-state index contributed by atoms with van der Waals surface area (Å²) in [4.78, 5) is 2.49. The summed E-state index contributed by atoms with van der Waals surface area (Å²) in [6, 6.07) is 0.797. The molecule has 0 atom stereocenters. The second kappa shape index (κ2) is 3.99. The maximum absolute atomic E-state index is 2.49. The zero-order chi connectivity index (χ0) is 9.10. The second-order valence-electron chi connectivity index (χ2n) is 4.15. The first-order valence-corrected chi connectivity index (χ1v) is 5.50. The van der Waals surface area contributed by atoms with Crippen LogP contribution in [0.1, 0.15) is 45.4 Å². The average molecular weight is 177 g/mol. The third kappa shape index (κ3) is 1.96. The molecule has 0 aromatic rings. The van der Waals surface area contributed by atoms with Crippen molar-refractivity contribution in [2.45, 2.75) is 51.5 Å². The molecule has 0 spiro atoms. The van der Waals surface area contributed by atoms with E-state index in [9.17, 15) is 0 Å². The average Bonchev–Trinajstić information content (AvgIpc) is 2.56. The van der Waals surface area contributed by atoms with E-state index in [1.165, 1.54) is 44.2 Å². The SMILES string of the molecule is CC1=CCCC=CN1C1CCCC1. The highest BCUT2D eigenvalue weighted by Gasteiger charge is 2.21. The van der Waals surface area contributed by atoms with E-state index in [1.807, 2.05) is 0 Å². The Morgan fingerprint density at radius 2 is 2.00 bits per heavy atom. The molecule has 72 valence electrons. The second-order valence-corrected chi connectivity index (χ2v) is 4.15. The predicted molar refractivity (Wildman–Crippen MR) is 56.2 cm³/mol. The predicted octanol–water partition coefficient (Wildman–Crippen LogP) is 3.44. The number of hydrogen-bond acceptors (Lipinski definition) is 1. The molecule has 0 radical (unpaired) electrons. The summed E-state index contributed by atoms with van der Waals surface area (Å²) in [5, 5.41) is 0. The molecule has 1 fully saturated rings. The summed E-state index contributed by atoms with van der Waals surface area (Å²) in [6.45, 7) is 2.24. The van der Waals surface area contributed by atoms with Gasteiger partial charge in [-0.1, -0.05) is 25.0 Å². The third-order valence-electron chi connectivity index (χ3n) is 3.16. The summed E-state index contributed by atoms with van der Waals surface area (Å²) in [6.07, 6.45) is 15.0. The molecule has 0 unspecified atom stereocenters. The molecule has 0 aromatic heterocycles. The summed E-state index contributed by atoms with van der Waals surface area (Å²) < 4.78 is 0. The molecule has 1 saturated carbocycles. The van der Waals surface area contributed by atoms with E-state index < -0.39 is 0 Å².